The predicted octanol–water partition coefficient (Wildman–Crippen LogP) is 2.08. The van der Waals surface area contributed by atoms with Crippen LogP contribution in [0.5, 0.6) is 5.75 Å². The maximum atomic E-state index is 12.3. The van der Waals surface area contributed by atoms with Crippen molar-refractivity contribution in [1.29, 1.82) is 0 Å². The first-order valence-corrected chi connectivity index (χ1v) is 9.27. The van der Waals surface area contributed by atoms with E-state index in [9.17, 15) is 9.59 Å². The third kappa shape index (κ3) is 3.09. The predicted molar refractivity (Wildman–Crippen MR) is 104 cm³/mol. The molecule has 0 spiro atoms. The van der Waals surface area contributed by atoms with Crippen LogP contribution in [0.3, 0.4) is 0 Å². The lowest BCUT2D eigenvalue weighted by atomic mass is 10.0. The standard InChI is InChI=1S/C22H21N3O3/c1-3-28-17-10-18(24-19(11-17)20(23)26)15-6-4-5-14(9-15)7-8-22-12-16(22)13-25(2)21(22)27/h4-6,9-11,16H,3,12-13H2,1-2H3,(H2,23,26)/t16?,22-/m0/s1. The minimum atomic E-state index is -0.610. The van der Waals surface area contributed by atoms with Gasteiger partial charge in [0.2, 0.25) is 5.91 Å². The van der Waals surface area contributed by atoms with Crippen molar-refractivity contribution < 1.29 is 14.3 Å². The summed E-state index contributed by atoms with van der Waals surface area (Å²) in [5.74, 6) is 6.77. The summed E-state index contributed by atoms with van der Waals surface area (Å²) in [5, 5.41) is 0. The van der Waals surface area contributed by atoms with Crippen LogP contribution in [-0.2, 0) is 4.79 Å². The highest BCUT2D eigenvalue weighted by Crippen LogP contribution is 2.57. The Labute approximate surface area is 163 Å². The van der Waals surface area contributed by atoms with Gasteiger partial charge in [-0.1, -0.05) is 24.0 Å². The van der Waals surface area contributed by atoms with Crippen molar-refractivity contribution in [2.45, 2.75) is 13.3 Å². The molecule has 6 nitrogen and oxygen atoms in total. The van der Waals surface area contributed by atoms with Crippen LogP contribution in [0, 0.1) is 23.2 Å². The number of amides is 2. The molecule has 1 unspecified atom stereocenters. The first-order valence-electron chi connectivity index (χ1n) is 9.27. The SMILES string of the molecule is CCOc1cc(C(N)=O)nc(-c2cccc(C#C[C@]34CC3CN(C)C4=O)c2)c1. The van der Waals surface area contributed by atoms with E-state index in [4.69, 9.17) is 10.5 Å². The van der Waals surface area contributed by atoms with Crippen LogP contribution in [0.1, 0.15) is 29.4 Å². The Balaban J connectivity index is 1.66. The summed E-state index contributed by atoms with van der Waals surface area (Å²) >= 11 is 0. The number of hydrogen-bond donors (Lipinski definition) is 1. The van der Waals surface area contributed by atoms with E-state index in [2.05, 4.69) is 16.8 Å². The maximum Gasteiger partial charge on any atom is 0.267 e. The van der Waals surface area contributed by atoms with Gasteiger partial charge in [0.05, 0.1) is 12.3 Å². The van der Waals surface area contributed by atoms with Gasteiger partial charge < -0.3 is 15.4 Å². The molecule has 2 aliphatic rings. The average Bonchev–Trinajstić information content (AvgIpc) is 3.33. The molecule has 2 atom stereocenters. The van der Waals surface area contributed by atoms with Gasteiger partial charge in [-0.15, -0.1) is 0 Å². The number of carbonyl (C=O) groups excluding carboxylic acids is 2. The van der Waals surface area contributed by atoms with E-state index >= 15 is 0 Å². The number of hydrogen-bond acceptors (Lipinski definition) is 4. The molecule has 1 aliphatic heterocycles. The second-order valence-corrected chi connectivity index (χ2v) is 7.26. The lowest BCUT2D eigenvalue weighted by Crippen LogP contribution is -2.27. The molecule has 1 saturated carbocycles. The summed E-state index contributed by atoms with van der Waals surface area (Å²) in [6, 6.07) is 10.9. The van der Waals surface area contributed by atoms with Crippen molar-refractivity contribution in [3.05, 3.63) is 47.7 Å². The number of nitrogens with two attached hydrogens (primary N) is 1. The molecule has 2 fully saturated rings. The van der Waals surface area contributed by atoms with Crippen LogP contribution in [0.2, 0.25) is 0 Å². The number of piperidine rings is 1. The number of aromatic nitrogens is 1. The van der Waals surface area contributed by atoms with E-state index in [0.717, 1.165) is 24.1 Å². The Bertz CT molecular complexity index is 1040. The van der Waals surface area contributed by atoms with Gasteiger partial charge in [0.15, 0.2) is 0 Å². The summed E-state index contributed by atoms with van der Waals surface area (Å²) in [5.41, 5.74) is 7.24. The number of rotatable bonds is 4. The minimum absolute atomic E-state index is 0.123. The molecule has 2 amide bonds. The Morgan fingerprint density at radius 2 is 2.21 bits per heavy atom. The fourth-order valence-corrected chi connectivity index (χ4v) is 3.74. The Kier molecular flexibility index (Phi) is 4.31. The number of nitrogens with zero attached hydrogens (tertiary/aromatic N) is 2. The van der Waals surface area contributed by atoms with Crippen LogP contribution < -0.4 is 10.5 Å². The molecule has 1 aliphatic carbocycles. The van der Waals surface area contributed by atoms with Gasteiger partial charge in [-0.05, 0) is 25.5 Å². The minimum Gasteiger partial charge on any atom is -0.494 e. The zero-order valence-corrected chi connectivity index (χ0v) is 15.9. The molecule has 1 saturated heterocycles. The Morgan fingerprint density at radius 1 is 1.39 bits per heavy atom. The van der Waals surface area contributed by atoms with Crippen molar-refractivity contribution in [1.82, 2.24) is 9.88 Å². The van der Waals surface area contributed by atoms with Crippen molar-refractivity contribution in [2.75, 3.05) is 20.2 Å². The van der Waals surface area contributed by atoms with E-state index in [1.165, 1.54) is 6.07 Å². The zero-order valence-electron chi connectivity index (χ0n) is 15.9. The zero-order chi connectivity index (χ0) is 19.9. The van der Waals surface area contributed by atoms with Crippen molar-refractivity contribution >= 4 is 11.8 Å². The van der Waals surface area contributed by atoms with Crippen LogP contribution in [-0.4, -0.2) is 41.9 Å². The number of carbonyl (C=O) groups is 2. The largest absolute Gasteiger partial charge is 0.494 e. The van der Waals surface area contributed by atoms with Gasteiger partial charge in [-0.3, -0.25) is 9.59 Å². The number of pyridine rings is 1. The maximum absolute atomic E-state index is 12.3. The molecule has 6 heteroatoms. The van der Waals surface area contributed by atoms with E-state index in [1.807, 2.05) is 38.2 Å². The number of fused-ring (bicyclic) bond motifs is 1. The van der Waals surface area contributed by atoms with Crippen LogP contribution in [0.15, 0.2) is 36.4 Å². The lowest BCUT2D eigenvalue weighted by Gasteiger charge is -2.11. The van der Waals surface area contributed by atoms with Crippen molar-refractivity contribution in [2.24, 2.45) is 17.1 Å². The molecule has 0 radical (unpaired) electrons. The molecule has 1 aromatic carbocycles. The van der Waals surface area contributed by atoms with E-state index in [-0.39, 0.29) is 11.6 Å². The van der Waals surface area contributed by atoms with Crippen molar-refractivity contribution in [3.63, 3.8) is 0 Å². The topological polar surface area (TPSA) is 85.5 Å². The van der Waals surface area contributed by atoms with Gasteiger partial charge in [-0.25, -0.2) is 4.98 Å². The lowest BCUT2D eigenvalue weighted by molar-refractivity contribution is -0.130. The first kappa shape index (κ1) is 18.1. The molecule has 142 valence electrons. The van der Waals surface area contributed by atoms with Crippen LogP contribution >= 0.6 is 0 Å². The molecule has 1 aromatic heterocycles. The number of likely N-dealkylation sites (tertiary alicyclic amines) is 1. The van der Waals surface area contributed by atoms with E-state index in [1.54, 1.807) is 11.0 Å². The molecule has 2 N–H and O–H groups in total. The fourth-order valence-electron chi connectivity index (χ4n) is 3.74. The second-order valence-electron chi connectivity index (χ2n) is 7.26. The summed E-state index contributed by atoms with van der Waals surface area (Å²) in [6.45, 7) is 3.13. The summed E-state index contributed by atoms with van der Waals surface area (Å²) < 4.78 is 5.53. The van der Waals surface area contributed by atoms with Crippen LogP contribution in [0.25, 0.3) is 11.3 Å². The number of ether oxygens (including phenoxy) is 1. The fraction of sp³-hybridized carbons (Fsp3) is 0.318. The average molecular weight is 375 g/mol. The van der Waals surface area contributed by atoms with Gasteiger partial charge in [0, 0.05) is 42.8 Å². The van der Waals surface area contributed by atoms with Gasteiger partial charge in [0.1, 0.15) is 16.9 Å². The highest BCUT2D eigenvalue weighted by atomic mass is 16.5. The quantitative estimate of drug-likeness (QED) is 0.829. The number of primary amides is 1. The summed E-state index contributed by atoms with van der Waals surface area (Å²) in [4.78, 5) is 30.0. The molecule has 4 rings (SSSR count). The molecule has 0 bridgehead atoms. The highest BCUT2D eigenvalue weighted by Gasteiger charge is 2.65. The van der Waals surface area contributed by atoms with E-state index in [0.29, 0.717) is 24.0 Å². The number of benzene rings is 1. The molecule has 2 aromatic rings. The normalized spacial score (nSPS) is 22.3. The third-order valence-electron chi connectivity index (χ3n) is 5.28. The monoisotopic (exact) mass is 375 g/mol. The van der Waals surface area contributed by atoms with Gasteiger partial charge in [0.25, 0.3) is 5.91 Å². The molecular formula is C22H21N3O3. The Hall–Kier alpha value is -3.33. The second kappa shape index (κ2) is 6.68. The van der Waals surface area contributed by atoms with Gasteiger partial charge >= 0.3 is 0 Å². The highest BCUT2D eigenvalue weighted by molar-refractivity contribution is 5.92. The molecule has 28 heavy (non-hydrogen) atoms. The smallest absolute Gasteiger partial charge is 0.267 e. The Morgan fingerprint density at radius 3 is 2.89 bits per heavy atom. The summed E-state index contributed by atoms with van der Waals surface area (Å²) in [6.07, 6.45) is 0.850. The first-order chi connectivity index (χ1) is 13.4. The molecule has 2 heterocycles. The summed E-state index contributed by atoms with van der Waals surface area (Å²) in [7, 11) is 1.83. The van der Waals surface area contributed by atoms with E-state index < -0.39 is 11.3 Å². The van der Waals surface area contributed by atoms with Crippen LogP contribution in [0.4, 0.5) is 0 Å². The third-order valence-corrected chi connectivity index (χ3v) is 5.28. The molecular weight excluding hydrogens is 354 g/mol. The van der Waals surface area contributed by atoms with Crippen molar-refractivity contribution in [3.8, 4) is 28.8 Å². The van der Waals surface area contributed by atoms with Gasteiger partial charge in [-0.2, -0.15) is 0 Å².